The largest absolute Gasteiger partial charge is 0.313 e. The zero-order valence-corrected chi connectivity index (χ0v) is 9.91. The van der Waals surface area contributed by atoms with E-state index in [9.17, 15) is 0 Å². The summed E-state index contributed by atoms with van der Waals surface area (Å²) in [5.74, 6) is 3.32. The van der Waals surface area contributed by atoms with Gasteiger partial charge in [-0.25, -0.2) is 0 Å². The summed E-state index contributed by atoms with van der Waals surface area (Å²) >= 11 is 0. The van der Waals surface area contributed by atoms with Gasteiger partial charge in [0.2, 0.25) is 0 Å². The zero-order valence-electron chi connectivity index (χ0n) is 9.91. The predicted molar refractivity (Wildman–Crippen MR) is 62.8 cm³/mol. The molecule has 0 spiro atoms. The maximum Gasteiger partial charge on any atom is 0.0104 e. The van der Waals surface area contributed by atoms with Crippen LogP contribution in [0.3, 0.4) is 0 Å². The highest BCUT2D eigenvalue weighted by Crippen LogP contribution is 2.54. The first kappa shape index (κ1) is 10.1. The van der Waals surface area contributed by atoms with E-state index in [2.05, 4.69) is 17.3 Å². The number of nitrogens with one attached hydrogen (secondary N) is 1. The lowest BCUT2D eigenvalue weighted by atomic mass is 10.0. The van der Waals surface area contributed by atoms with E-state index in [-0.39, 0.29) is 0 Å². The second-order valence-corrected chi connectivity index (χ2v) is 6.08. The molecule has 2 unspecified atom stereocenters. The minimum Gasteiger partial charge on any atom is -0.313 e. The highest BCUT2D eigenvalue weighted by atomic mass is 15.1. The molecule has 0 aromatic heterocycles. The Morgan fingerprint density at radius 1 is 1.13 bits per heavy atom. The summed E-state index contributed by atoms with van der Waals surface area (Å²) in [7, 11) is 2.29. The van der Waals surface area contributed by atoms with Crippen LogP contribution in [0.15, 0.2) is 0 Å². The van der Waals surface area contributed by atoms with Gasteiger partial charge in [0.05, 0.1) is 0 Å². The molecule has 86 valence electrons. The van der Waals surface area contributed by atoms with Crippen molar-refractivity contribution in [3.05, 3.63) is 0 Å². The first-order valence-electron chi connectivity index (χ1n) is 6.73. The normalized spacial score (nSPS) is 38.4. The van der Waals surface area contributed by atoms with Gasteiger partial charge in [0.15, 0.2) is 0 Å². The number of rotatable bonds is 6. The molecule has 2 heteroatoms. The van der Waals surface area contributed by atoms with Crippen molar-refractivity contribution in [3.63, 3.8) is 0 Å². The molecule has 0 bridgehead atoms. The lowest BCUT2D eigenvalue weighted by molar-refractivity contribution is 0.267. The van der Waals surface area contributed by atoms with E-state index in [1.165, 1.54) is 45.3 Å². The molecule has 0 heterocycles. The van der Waals surface area contributed by atoms with Crippen molar-refractivity contribution >= 4 is 0 Å². The molecule has 0 aromatic rings. The second-order valence-electron chi connectivity index (χ2n) is 6.08. The van der Waals surface area contributed by atoms with E-state index >= 15 is 0 Å². The Bertz CT molecular complexity index is 215. The number of fused-ring (bicyclic) bond motifs is 1. The van der Waals surface area contributed by atoms with Crippen LogP contribution in [0.1, 0.15) is 32.1 Å². The molecule has 3 aliphatic carbocycles. The van der Waals surface area contributed by atoms with E-state index in [0.29, 0.717) is 0 Å². The zero-order chi connectivity index (χ0) is 10.3. The summed E-state index contributed by atoms with van der Waals surface area (Å²) in [6.07, 6.45) is 7.45. The van der Waals surface area contributed by atoms with Crippen molar-refractivity contribution in [3.8, 4) is 0 Å². The molecule has 0 aromatic carbocycles. The summed E-state index contributed by atoms with van der Waals surface area (Å²) in [6.45, 7) is 3.78. The molecule has 1 N–H and O–H groups in total. The van der Waals surface area contributed by atoms with Crippen LogP contribution in [-0.2, 0) is 0 Å². The molecule has 2 atom stereocenters. The molecule has 3 fully saturated rings. The molecular formula is C13H24N2. The Hall–Kier alpha value is -0.0800. The van der Waals surface area contributed by atoms with Crippen LogP contribution >= 0.6 is 0 Å². The van der Waals surface area contributed by atoms with Crippen LogP contribution < -0.4 is 5.32 Å². The van der Waals surface area contributed by atoms with Gasteiger partial charge in [-0.15, -0.1) is 0 Å². The standard InChI is InChI=1S/C13H24N2/c1-15(5-4-14-13-2-3-13)9-10-6-11-8-12(11)7-10/h10-14H,2-9H2,1H3. The third-order valence-electron chi connectivity index (χ3n) is 4.41. The van der Waals surface area contributed by atoms with Gasteiger partial charge in [0.1, 0.15) is 0 Å². The van der Waals surface area contributed by atoms with Crippen LogP contribution in [0.25, 0.3) is 0 Å². The van der Waals surface area contributed by atoms with Gasteiger partial charge in [-0.2, -0.15) is 0 Å². The van der Waals surface area contributed by atoms with Crippen molar-refractivity contribution in [2.45, 2.75) is 38.1 Å². The molecule has 3 saturated carbocycles. The van der Waals surface area contributed by atoms with Crippen LogP contribution in [0, 0.1) is 17.8 Å². The molecule has 0 amide bonds. The molecular weight excluding hydrogens is 184 g/mol. The third-order valence-corrected chi connectivity index (χ3v) is 4.41. The molecule has 3 rings (SSSR count). The molecule has 2 nitrogen and oxygen atoms in total. The van der Waals surface area contributed by atoms with Crippen molar-refractivity contribution in [2.75, 3.05) is 26.7 Å². The van der Waals surface area contributed by atoms with Gasteiger partial charge in [0, 0.05) is 25.7 Å². The van der Waals surface area contributed by atoms with Gasteiger partial charge >= 0.3 is 0 Å². The summed E-state index contributed by atoms with van der Waals surface area (Å²) in [5, 5.41) is 3.59. The fraction of sp³-hybridized carbons (Fsp3) is 1.00. The van der Waals surface area contributed by atoms with Crippen LogP contribution in [0.5, 0.6) is 0 Å². The van der Waals surface area contributed by atoms with Gasteiger partial charge < -0.3 is 10.2 Å². The minimum atomic E-state index is 0.873. The minimum absolute atomic E-state index is 0.873. The summed E-state index contributed by atoms with van der Waals surface area (Å²) < 4.78 is 0. The van der Waals surface area contributed by atoms with E-state index in [0.717, 1.165) is 23.8 Å². The van der Waals surface area contributed by atoms with Gasteiger partial charge in [0.25, 0.3) is 0 Å². The summed E-state index contributed by atoms with van der Waals surface area (Å²) in [5.41, 5.74) is 0. The Kier molecular flexibility index (Phi) is 2.73. The maximum absolute atomic E-state index is 3.59. The number of nitrogens with zero attached hydrogens (tertiary/aromatic N) is 1. The Balaban J connectivity index is 1.28. The Labute approximate surface area is 93.4 Å². The predicted octanol–water partition coefficient (Wildman–Crippen LogP) is 1.72. The number of likely N-dealkylation sites (N-methyl/N-ethyl adjacent to an activating group) is 1. The Morgan fingerprint density at radius 3 is 2.53 bits per heavy atom. The maximum atomic E-state index is 3.59. The highest BCUT2D eigenvalue weighted by molar-refractivity contribution is 4.96. The van der Waals surface area contributed by atoms with Crippen molar-refractivity contribution < 1.29 is 0 Å². The van der Waals surface area contributed by atoms with E-state index in [4.69, 9.17) is 0 Å². The first-order valence-corrected chi connectivity index (χ1v) is 6.73. The third kappa shape index (κ3) is 2.73. The fourth-order valence-corrected chi connectivity index (χ4v) is 3.27. The van der Waals surface area contributed by atoms with Crippen LogP contribution in [0.4, 0.5) is 0 Å². The molecule has 15 heavy (non-hydrogen) atoms. The molecule has 0 radical (unpaired) electrons. The number of hydrogen-bond donors (Lipinski definition) is 1. The SMILES string of the molecule is CN(CCNC1CC1)CC1CC2CC2C1. The monoisotopic (exact) mass is 208 g/mol. The van der Waals surface area contributed by atoms with Gasteiger partial charge in [-0.05, 0) is 56.9 Å². The number of hydrogen-bond acceptors (Lipinski definition) is 2. The van der Waals surface area contributed by atoms with E-state index < -0.39 is 0 Å². The molecule has 3 aliphatic rings. The average Bonchev–Trinajstić information content (AvgIpc) is 3.09. The van der Waals surface area contributed by atoms with Gasteiger partial charge in [-0.3, -0.25) is 0 Å². The van der Waals surface area contributed by atoms with Crippen LogP contribution in [-0.4, -0.2) is 37.6 Å². The molecule has 0 saturated heterocycles. The topological polar surface area (TPSA) is 15.3 Å². The lowest BCUT2D eigenvalue weighted by Gasteiger charge is -2.21. The smallest absolute Gasteiger partial charge is 0.0104 e. The van der Waals surface area contributed by atoms with Crippen LogP contribution in [0.2, 0.25) is 0 Å². The molecule has 0 aliphatic heterocycles. The average molecular weight is 208 g/mol. The van der Waals surface area contributed by atoms with E-state index in [1.54, 1.807) is 6.42 Å². The first-order chi connectivity index (χ1) is 7.31. The van der Waals surface area contributed by atoms with Crippen molar-refractivity contribution in [2.24, 2.45) is 17.8 Å². The highest BCUT2D eigenvalue weighted by Gasteiger charge is 2.45. The summed E-state index contributed by atoms with van der Waals surface area (Å²) in [4.78, 5) is 2.53. The van der Waals surface area contributed by atoms with E-state index in [1.807, 2.05) is 0 Å². The van der Waals surface area contributed by atoms with Gasteiger partial charge in [-0.1, -0.05) is 0 Å². The Morgan fingerprint density at radius 2 is 1.87 bits per heavy atom. The summed E-state index contributed by atoms with van der Waals surface area (Å²) in [6, 6.07) is 0.873. The quantitative estimate of drug-likeness (QED) is 0.715. The lowest BCUT2D eigenvalue weighted by Crippen LogP contribution is -2.33. The van der Waals surface area contributed by atoms with Crippen molar-refractivity contribution in [1.82, 2.24) is 10.2 Å². The van der Waals surface area contributed by atoms with Crippen molar-refractivity contribution in [1.29, 1.82) is 0 Å². The second kappa shape index (κ2) is 4.06. The fourth-order valence-electron chi connectivity index (χ4n) is 3.27.